The minimum atomic E-state index is -0.628. The molecule has 0 unspecified atom stereocenters. The van der Waals surface area contributed by atoms with Gasteiger partial charge in [0.05, 0.1) is 0 Å². The number of H-pyrrole nitrogens is 2. The maximum Gasteiger partial charge on any atom is 0.325 e. The molecule has 0 radical (unpaired) electrons. The monoisotopic (exact) mass is 348 g/mol. The number of carbonyl (C=O) groups excluding carboxylic acids is 1. The third-order valence-electron chi connectivity index (χ3n) is 5.74. The molecular weight excluding hydrogens is 320 g/mol. The largest absolute Gasteiger partial charge is 0.340 e. The van der Waals surface area contributed by atoms with Crippen LogP contribution >= 0.6 is 0 Å². The van der Waals surface area contributed by atoms with Crippen LogP contribution in [0.15, 0.2) is 15.8 Å². The van der Waals surface area contributed by atoms with Crippen molar-refractivity contribution in [2.45, 2.75) is 56.9 Å². The number of rotatable bonds is 4. The minimum absolute atomic E-state index is 0.00768. The Morgan fingerprint density at radius 3 is 2.40 bits per heavy atom. The smallest absolute Gasteiger partial charge is 0.325 e. The van der Waals surface area contributed by atoms with Gasteiger partial charge in [-0.15, -0.1) is 0 Å². The van der Waals surface area contributed by atoms with Crippen molar-refractivity contribution in [3.8, 4) is 0 Å². The molecule has 2 aliphatic rings. The zero-order chi connectivity index (χ0) is 17.9. The lowest BCUT2D eigenvalue weighted by Crippen LogP contribution is -2.58. The number of nitrogens with zero attached hydrogens (tertiary/aromatic N) is 2. The molecule has 1 aromatic heterocycles. The van der Waals surface area contributed by atoms with E-state index in [2.05, 4.69) is 14.9 Å². The summed E-state index contributed by atoms with van der Waals surface area (Å²) in [5, 5.41) is 0. The van der Waals surface area contributed by atoms with Gasteiger partial charge in [0, 0.05) is 25.3 Å². The van der Waals surface area contributed by atoms with Crippen molar-refractivity contribution in [2.24, 2.45) is 0 Å². The van der Waals surface area contributed by atoms with E-state index < -0.39 is 11.2 Å². The second-order valence-electron chi connectivity index (χ2n) is 7.48. The molecule has 25 heavy (non-hydrogen) atoms. The summed E-state index contributed by atoms with van der Waals surface area (Å²) >= 11 is 0. The van der Waals surface area contributed by atoms with Gasteiger partial charge in [-0.05, 0) is 38.8 Å². The molecule has 2 heterocycles. The van der Waals surface area contributed by atoms with E-state index in [1.165, 1.54) is 44.7 Å². The van der Waals surface area contributed by atoms with Gasteiger partial charge in [-0.1, -0.05) is 25.7 Å². The van der Waals surface area contributed by atoms with Gasteiger partial charge in [0.15, 0.2) is 0 Å². The van der Waals surface area contributed by atoms with Crippen LogP contribution in [0.25, 0.3) is 0 Å². The topological polar surface area (TPSA) is 89.3 Å². The number of likely N-dealkylation sites (N-methyl/N-ethyl adjacent to an activating group) is 1. The number of hydrogen-bond donors (Lipinski definition) is 2. The van der Waals surface area contributed by atoms with E-state index in [1.807, 2.05) is 0 Å². The lowest BCUT2D eigenvalue weighted by atomic mass is 9.78. The fourth-order valence-electron chi connectivity index (χ4n) is 4.44. The molecule has 0 bridgehead atoms. The molecule has 1 amide bonds. The first-order valence-electron chi connectivity index (χ1n) is 9.34. The average Bonchev–Trinajstić information content (AvgIpc) is 2.63. The maximum absolute atomic E-state index is 12.7. The summed E-state index contributed by atoms with van der Waals surface area (Å²) < 4.78 is 0. The summed E-state index contributed by atoms with van der Waals surface area (Å²) in [5.41, 5.74) is -1.21. The van der Waals surface area contributed by atoms with Gasteiger partial charge in [0.2, 0.25) is 0 Å². The first-order valence-corrected chi connectivity index (χ1v) is 9.34. The van der Waals surface area contributed by atoms with Crippen LogP contribution in [0.2, 0.25) is 0 Å². The number of aromatic nitrogens is 2. The number of amides is 1. The van der Waals surface area contributed by atoms with Crippen LogP contribution in [0.1, 0.15) is 61.7 Å². The van der Waals surface area contributed by atoms with E-state index in [9.17, 15) is 14.4 Å². The summed E-state index contributed by atoms with van der Waals surface area (Å²) in [4.78, 5) is 44.6. The lowest BCUT2D eigenvalue weighted by Gasteiger charge is -2.49. The average molecular weight is 348 g/mol. The van der Waals surface area contributed by atoms with Crippen LogP contribution in [0.3, 0.4) is 0 Å². The quantitative estimate of drug-likeness (QED) is 0.859. The van der Waals surface area contributed by atoms with E-state index in [0.29, 0.717) is 6.54 Å². The van der Waals surface area contributed by atoms with Crippen LogP contribution in [0.4, 0.5) is 0 Å². The maximum atomic E-state index is 12.7. The molecule has 1 aromatic rings. The summed E-state index contributed by atoms with van der Waals surface area (Å²) in [7, 11) is 1.76. The molecule has 2 N–H and O–H groups in total. The summed E-state index contributed by atoms with van der Waals surface area (Å²) in [6, 6.07) is 0. The van der Waals surface area contributed by atoms with E-state index in [4.69, 9.17) is 0 Å². The molecule has 3 rings (SSSR count). The molecule has 0 spiro atoms. The lowest BCUT2D eigenvalue weighted by molar-refractivity contribution is 0.00984. The van der Waals surface area contributed by atoms with Crippen molar-refractivity contribution in [3.63, 3.8) is 0 Å². The Kier molecular flexibility index (Phi) is 5.42. The van der Waals surface area contributed by atoms with Crippen LogP contribution < -0.4 is 11.2 Å². The molecule has 0 atom stereocenters. The Morgan fingerprint density at radius 2 is 1.76 bits per heavy atom. The molecule has 1 aliphatic heterocycles. The number of piperidine rings is 1. The van der Waals surface area contributed by atoms with Crippen molar-refractivity contribution in [1.82, 2.24) is 19.8 Å². The Morgan fingerprint density at radius 1 is 1.12 bits per heavy atom. The number of aromatic amines is 2. The van der Waals surface area contributed by atoms with Crippen molar-refractivity contribution in [1.29, 1.82) is 0 Å². The molecule has 7 nitrogen and oxygen atoms in total. The molecule has 1 saturated carbocycles. The fraction of sp³-hybridized carbons (Fsp3) is 0.722. The van der Waals surface area contributed by atoms with Crippen molar-refractivity contribution >= 4 is 5.91 Å². The number of nitrogens with one attached hydrogen (secondary N) is 2. The van der Waals surface area contributed by atoms with E-state index in [-0.39, 0.29) is 17.0 Å². The summed E-state index contributed by atoms with van der Waals surface area (Å²) in [6.07, 6.45) is 10.8. The Labute approximate surface area is 147 Å². The van der Waals surface area contributed by atoms with Crippen LogP contribution in [0.5, 0.6) is 0 Å². The molecule has 0 aromatic carbocycles. The molecule has 1 saturated heterocycles. The Balaban J connectivity index is 1.79. The zero-order valence-electron chi connectivity index (χ0n) is 15.0. The predicted octanol–water partition coefficient (Wildman–Crippen LogP) is 1.32. The summed E-state index contributed by atoms with van der Waals surface area (Å²) in [5.74, 6) is -0.334. The second kappa shape index (κ2) is 7.56. The van der Waals surface area contributed by atoms with Gasteiger partial charge in [0.25, 0.3) is 11.5 Å². The molecular formula is C18H28N4O3. The Hall–Kier alpha value is -1.89. The third-order valence-corrected chi connectivity index (χ3v) is 5.74. The highest BCUT2D eigenvalue weighted by Gasteiger charge is 2.40. The van der Waals surface area contributed by atoms with Gasteiger partial charge in [-0.25, -0.2) is 4.79 Å². The van der Waals surface area contributed by atoms with E-state index in [1.54, 1.807) is 11.9 Å². The van der Waals surface area contributed by atoms with E-state index >= 15 is 0 Å². The molecule has 1 aliphatic carbocycles. The van der Waals surface area contributed by atoms with Gasteiger partial charge in [-0.3, -0.25) is 19.5 Å². The highest BCUT2D eigenvalue weighted by atomic mass is 16.2. The first-order chi connectivity index (χ1) is 12.0. The van der Waals surface area contributed by atoms with Crippen LogP contribution in [0, 0.1) is 0 Å². The van der Waals surface area contributed by atoms with Gasteiger partial charge >= 0.3 is 5.69 Å². The van der Waals surface area contributed by atoms with Crippen LogP contribution in [-0.4, -0.2) is 57.9 Å². The number of hydrogen-bond acceptors (Lipinski definition) is 4. The number of carbonyl (C=O) groups is 1. The normalized spacial score (nSPS) is 21.0. The highest BCUT2D eigenvalue weighted by molar-refractivity contribution is 5.93. The minimum Gasteiger partial charge on any atom is -0.340 e. The molecule has 2 fully saturated rings. The third kappa shape index (κ3) is 3.86. The highest BCUT2D eigenvalue weighted by Crippen LogP contribution is 2.36. The van der Waals surface area contributed by atoms with Crippen LogP contribution in [-0.2, 0) is 0 Å². The SMILES string of the molecule is CN(CC1(N2CCCCC2)CCCCC1)C(=O)c1c[nH]c(=O)[nH]c1=O. The van der Waals surface area contributed by atoms with E-state index in [0.717, 1.165) is 25.9 Å². The van der Waals surface area contributed by atoms with Crippen molar-refractivity contribution in [3.05, 3.63) is 32.6 Å². The molecule has 138 valence electrons. The standard InChI is InChI=1S/C18H28N4O3/c1-21(16(24)14-12-19-17(25)20-15(14)23)13-18(8-4-2-5-9-18)22-10-6-3-7-11-22/h12H,2-11,13H2,1H3,(H2,19,20,23,25). The molecule has 7 heteroatoms. The Bertz CT molecular complexity index is 712. The first kappa shape index (κ1) is 17.9. The van der Waals surface area contributed by atoms with Gasteiger partial charge in [0.1, 0.15) is 5.56 Å². The predicted molar refractivity (Wildman–Crippen MR) is 95.9 cm³/mol. The van der Waals surface area contributed by atoms with Gasteiger partial charge in [-0.2, -0.15) is 0 Å². The van der Waals surface area contributed by atoms with Crippen molar-refractivity contribution < 1.29 is 4.79 Å². The zero-order valence-corrected chi connectivity index (χ0v) is 15.0. The second-order valence-corrected chi connectivity index (χ2v) is 7.48. The fourth-order valence-corrected chi connectivity index (χ4v) is 4.44. The summed E-state index contributed by atoms with van der Waals surface area (Å²) in [6.45, 7) is 2.83. The van der Waals surface area contributed by atoms with Crippen molar-refractivity contribution in [2.75, 3.05) is 26.7 Å². The van der Waals surface area contributed by atoms with Gasteiger partial charge < -0.3 is 9.88 Å². The number of likely N-dealkylation sites (tertiary alicyclic amines) is 1.